The molecular formula is C16H26N2O. The first-order valence-electron chi connectivity index (χ1n) is 6.70. The summed E-state index contributed by atoms with van der Waals surface area (Å²) in [6.45, 7) is 10.7. The van der Waals surface area contributed by atoms with Gasteiger partial charge in [0.15, 0.2) is 0 Å². The molecule has 1 amide bonds. The van der Waals surface area contributed by atoms with Gasteiger partial charge in [-0.05, 0) is 56.9 Å². The van der Waals surface area contributed by atoms with Gasteiger partial charge in [0.25, 0.3) is 0 Å². The van der Waals surface area contributed by atoms with E-state index < -0.39 is 5.54 Å². The molecule has 0 heterocycles. The molecule has 1 aromatic carbocycles. The summed E-state index contributed by atoms with van der Waals surface area (Å²) < 4.78 is 0. The van der Waals surface area contributed by atoms with Crippen molar-refractivity contribution >= 4 is 5.91 Å². The van der Waals surface area contributed by atoms with Crippen LogP contribution < -0.4 is 5.73 Å². The molecular weight excluding hydrogens is 236 g/mol. The average molecular weight is 262 g/mol. The molecule has 1 rings (SSSR count). The van der Waals surface area contributed by atoms with Crippen LogP contribution >= 0.6 is 0 Å². The van der Waals surface area contributed by atoms with Gasteiger partial charge in [0, 0.05) is 25.6 Å². The van der Waals surface area contributed by atoms with E-state index in [1.54, 1.807) is 4.90 Å². The maximum absolute atomic E-state index is 12.1. The van der Waals surface area contributed by atoms with Crippen molar-refractivity contribution < 1.29 is 4.79 Å². The van der Waals surface area contributed by atoms with Crippen LogP contribution in [-0.2, 0) is 11.3 Å². The van der Waals surface area contributed by atoms with Crippen molar-refractivity contribution in [3.63, 3.8) is 0 Å². The first kappa shape index (κ1) is 15.7. The third kappa shape index (κ3) is 4.35. The van der Waals surface area contributed by atoms with Crippen molar-refractivity contribution in [2.24, 2.45) is 5.73 Å². The van der Waals surface area contributed by atoms with Crippen molar-refractivity contribution in [3.8, 4) is 0 Å². The fourth-order valence-electron chi connectivity index (χ4n) is 2.05. The SMILES string of the molecule is Cc1ccc(CN(C)C(=O)CC(C)(C)N)c(C)c1C. The van der Waals surface area contributed by atoms with Gasteiger partial charge in [-0.15, -0.1) is 0 Å². The van der Waals surface area contributed by atoms with E-state index in [4.69, 9.17) is 5.73 Å². The minimum atomic E-state index is -0.455. The maximum atomic E-state index is 12.1. The molecule has 106 valence electrons. The number of aryl methyl sites for hydroxylation is 1. The molecule has 3 heteroatoms. The Morgan fingerprint density at radius 2 is 1.79 bits per heavy atom. The smallest absolute Gasteiger partial charge is 0.224 e. The van der Waals surface area contributed by atoms with Gasteiger partial charge < -0.3 is 10.6 Å². The first-order valence-corrected chi connectivity index (χ1v) is 6.70. The van der Waals surface area contributed by atoms with Gasteiger partial charge in [-0.1, -0.05) is 12.1 Å². The molecule has 0 aliphatic carbocycles. The van der Waals surface area contributed by atoms with Gasteiger partial charge >= 0.3 is 0 Å². The second-order valence-corrected chi connectivity index (χ2v) is 6.21. The van der Waals surface area contributed by atoms with Crippen LogP contribution in [0.4, 0.5) is 0 Å². The number of nitrogens with zero attached hydrogens (tertiary/aromatic N) is 1. The molecule has 19 heavy (non-hydrogen) atoms. The van der Waals surface area contributed by atoms with Crippen molar-refractivity contribution in [1.29, 1.82) is 0 Å². The Morgan fingerprint density at radius 3 is 2.32 bits per heavy atom. The summed E-state index contributed by atoms with van der Waals surface area (Å²) in [5, 5.41) is 0. The molecule has 0 aliphatic heterocycles. The molecule has 1 aromatic rings. The van der Waals surface area contributed by atoms with Crippen LogP contribution in [0.1, 0.15) is 42.5 Å². The van der Waals surface area contributed by atoms with Crippen molar-refractivity contribution in [2.45, 2.75) is 53.1 Å². The van der Waals surface area contributed by atoms with Gasteiger partial charge in [-0.25, -0.2) is 0 Å². The highest BCUT2D eigenvalue weighted by molar-refractivity contribution is 5.77. The molecule has 0 saturated carbocycles. The van der Waals surface area contributed by atoms with E-state index in [2.05, 4.69) is 32.9 Å². The lowest BCUT2D eigenvalue weighted by Gasteiger charge is -2.24. The van der Waals surface area contributed by atoms with Crippen LogP contribution in [0.2, 0.25) is 0 Å². The fourth-order valence-corrected chi connectivity index (χ4v) is 2.05. The topological polar surface area (TPSA) is 46.3 Å². The minimum absolute atomic E-state index is 0.0881. The zero-order valence-corrected chi connectivity index (χ0v) is 13.0. The van der Waals surface area contributed by atoms with Crippen LogP contribution in [0.15, 0.2) is 12.1 Å². The Morgan fingerprint density at radius 1 is 1.21 bits per heavy atom. The summed E-state index contributed by atoms with van der Waals surface area (Å²) in [4.78, 5) is 13.8. The van der Waals surface area contributed by atoms with Gasteiger partial charge in [0.05, 0.1) is 0 Å². The van der Waals surface area contributed by atoms with Crippen LogP contribution in [0.5, 0.6) is 0 Å². The van der Waals surface area contributed by atoms with E-state index in [9.17, 15) is 4.79 Å². The second kappa shape index (κ2) is 5.74. The Balaban J connectivity index is 2.80. The van der Waals surface area contributed by atoms with E-state index in [-0.39, 0.29) is 5.91 Å². The molecule has 0 bridgehead atoms. The van der Waals surface area contributed by atoms with Crippen molar-refractivity contribution in [3.05, 3.63) is 34.4 Å². The Hall–Kier alpha value is -1.35. The van der Waals surface area contributed by atoms with E-state index in [1.165, 1.54) is 22.3 Å². The Kier molecular flexibility index (Phi) is 4.75. The molecule has 3 nitrogen and oxygen atoms in total. The quantitative estimate of drug-likeness (QED) is 0.907. The van der Waals surface area contributed by atoms with Crippen LogP contribution in [-0.4, -0.2) is 23.4 Å². The van der Waals surface area contributed by atoms with Gasteiger partial charge in [-0.3, -0.25) is 4.79 Å². The van der Waals surface area contributed by atoms with Crippen molar-refractivity contribution in [1.82, 2.24) is 4.90 Å². The van der Waals surface area contributed by atoms with E-state index >= 15 is 0 Å². The molecule has 0 spiro atoms. The molecule has 0 saturated heterocycles. The monoisotopic (exact) mass is 262 g/mol. The lowest BCUT2D eigenvalue weighted by molar-refractivity contribution is -0.131. The average Bonchev–Trinajstić information content (AvgIpc) is 2.27. The first-order chi connectivity index (χ1) is 8.61. The van der Waals surface area contributed by atoms with Crippen LogP contribution in [0.25, 0.3) is 0 Å². The summed E-state index contributed by atoms with van der Waals surface area (Å²) in [6.07, 6.45) is 0.368. The highest BCUT2D eigenvalue weighted by Crippen LogP contribution is 2.19. The largest absolute Gasteiger partial charge is 0.341 e. The number of hydrogen-bond acceptors (Lipinski definition) is 2. The fraction of sp³-hybridized carbons (Fsp3) is 0.562. The highest BCUT2D eigenvalue weighted by atomic mass is 16.2. The summed E-state index contributed by atoms with van der Waals surface area (Å²) >= 11 is 0. The lowest BCUT2D eigenvalue weighted by Crippen LogP contribution is -2.39. The molecule has 0 radical (unpaired) electrons. The summed E-state index contributed by atoms with van der Waals surface area (Å²) in [5.74, 6) is 0.0881. The molecule has 0 fully saturated rings. The zero-order chi connectivity index (χ0) is 14.8. The van der Waals surface area contributed by atoms with Gasteiger partial charge in [0.1, 0.15) is 0 Å². The number of carbonyl (C=O) groups is 1. The molecule has 0 aromatic heterocycles. The molecule has 0 unspecified atom stereocenters. The van der Waals surface area contributed by atoms with Gasteiger partial charge in [-0.2, -0.15) is 0 Å². The van der Waals surface area contributed by atoms with Crippen LogP contribution in [0, 0.1) is 20.8 Å². The summed E-state index contributed by atoms with van der Waals surface area (Å²) in [6, 6.07) is 4.22. The third-order valence-electron chi connectivity index (χ3n) is 3.61. The molecule has 0 atom stereocenters. The highest BCUT2D eigenvalue weighted by Gasteiger charge is 2.19. The Labute approximate surface area is 116 Å². The predicted molar refractivity (Wildman–Crippen MR) is 80.0 cm³/mol. The number of benzene rings is 1. The predicted octanol–water partition coefficient (Wildman–Crippen LogP) is 2.70. The van der Waals surface area contributed by atoms with Crippen LogP contribution in [0.3, 0.4) is 0 Å². The minimum Gasteiger partial charge on any atom is -0.341 e. The number of carbonyl (C=O) groups excluding carboxylic acids is 1. The van der Waals surface area contributed by atoms with Gasteiger partial charge in [0.2, 0.25) is 5.91 Å². The van der Waals surface area contributed by atoms with Crippen molar-refractivity contribution in [2.75, 3.05) is 7.05 Å². The van der Waals surface area contributed by atoms with E-state index in [0.29, 0.717) is 13.0 Å². The molecule has 2 N–H and O–H groups in total. The number of nitrogens with two attached hydrogens (primary N) is 1. The maximum Gasteiger partial charge on any atom is 0.224 e. The molecule has 0 aliphatic rings. The second-order valence-electron chi connectivity index (χ2n) is 6.21. The number of hydrogen-bond donors (Lipinski definition) is 1. The summed E-state index contributed by atoms with van der Waals surface area (Å²) in [5.41, 5.74) is 10.5. The zero-order valence-electron chi connectivity index (χ0n) is 13.0. The van der Waals surface area contributed by atoms with E-state index in [1.807, 2.05) is 20.9 Å². The standard InChI is InChI=1S/C16H26N2O/c1-11-7-8-14(13(3)12(11)2)10-18(6)15(19)9-16(4,5)17/h7-8H,9-10,17H2,1-6H3. The third-order valence-corrected chi connectivity index (χ3v) is 3.61. The Bertz CT molecular complexity index is 472. The van der Waals surface area contributed by atoms with E-state index in [0.717, 1.165) is 0 Å². The normalized spacial score (nSPS) is 11.5. The number of rotatable bonds is 4. The lowest BCUT2D eigenvalue weighted by atomic mass is 9.98. The summed E-state index contributed by atoms with van der Waals surface area (Å²) in [7, 11) is 1.84. The number of amides is 1.